The maximum Gasteiger partial charge on any atom is 0.321 e. The summed E-state index contributed by atoms with van der Waals surface area (Å²) >= 11 is 3.65. The van der Waals surface area contributed by atoms with Gasteiger partial charge in [0.05, 0.1) is 0 Å². The second-order valence-corrected chi connectivity index (χ2v) is 2.46. The molecule has 8 heteroatoms. The number of carboxylic acid groups (broad SMARTS) is 3. The lowest BCUT2D eigenvalue weighted by molar-refractivity contribution is -0.147. The highest BCUT2D eigenvalue weighted by Gasteiger charge is 2.06. The van der Waals surface area contributed by atoms with Crippen molar-refractivity contribution in [2.45, 2.75) is 12.5 Å². The van der Waals surface area contributed by atoms with Crippen molar-refractivity contribution in [3.63, 3.8) is 0 Å². The SMILES string of the molecule is N[C@@H](CS)C(=O)O.O=C(O)CC(=O)O. The van der Waals surface area contributed by atoms with E-state index in [9.17, 15) is 14.4 Å². The van der Waals surface area contributed by atoms with Crippen LogP contribution in [-0.2, 0) is 14.4 Å². The summed E-state index contributed by atoms with van der Waals surface area (Å²) in [5.41, 5.74) is 4.94. The molecule has 0 fully saturated rings. The molecule has 14 heavy (non-hydrogen) atoms. The van der Waals surface area contributed by atoms with Gasteiger partial charge in [-0.1, -0.05) is 0 Å². The highest BCUT2D eigenvalue weighted by atomic mass is 32.1. The number of hydrogen-bond acceptors (Lipinski definition) is 5. The standard InChI is InChI=1S/C3H7NO2S.C3H4O4/c4-2(1-7)3(5)6;4-2(5)1-3(6)7/h2,7H,1,4H2,(H,5,6);1H2,(H,4,5)(H,6,7)/t2-;/m0./s1. The predicted molar refractivity (Wildman–Crippen MR) is 49.4 cm³/mol. The summed E-state index contributed by atoms with van der Waals surface area (Å²) in [6, 6.07) is -0.816. The fourth-order valence-corrected chi connectivity index (χ4v) is 0.364. The van der Waals surface area contributed by atoms with E-state index in [-0.39, 0.29) is 5.75 Å². The van der Waals surface area contributed by atoms with E-state index in [0.717, 1.165) is 0 Å². The number of carboxylic acids is 3. The van der Waals surface area contributed by atoms with E-state index in [1.807, 2.05) is 0 Å². The van der Waals surface area contributed by atoms with Crippen molar-refractivity contribution in [2.24, 2.45) is 5.73 Å². The Hall–Kier alpha value is -1.28. The van der Waals surface area contributed by atoms with Gasteiger partial charge in [-0.25, -0.2) is 0 Å². The molecule has 0 saturated carbocycles. The average molecular weight is 225 g/mol. The zero-order chi connectivity index (χ0) is 11.7. The Morgan fingerprint density at radius 2 is 1.50 bits per heavy atom. The Balaban J connectivity index is 0. The third-order valence-electron chi connectivity index (χ3n) is 0.816. The van der Waals surface area contributed by atoms with E-state index in [2.05, 4.69) is 12.6 Å². The molecule has 1 atom stereocenters. The van der Waals surface area contributed by atoms with Crippen LogP contribution >= 0.6 is 12.6 Å². The van der Waals surface area contributed by atoms with Crippen molar-refractivity contribution in [3.8, 4) is 0 Å². The first-order valence-corrected chi connectivity index (χ1v) is 3.97. The van der Waals surface area contributed by atoms with Crippen molar-refractivity contribution in [3.05, 3.63) is 0 Å². The lowest BCUT2D eigenvalue weighted by Gasteiger charge is -1.96. The van der Waals surface area contributed by atoms with Crippen LogP contribution in [0.3, 0.4) is 0 Å². The van der Waals surface area contributed by atoms with Gasteiger partial charge in [0.25, 0.3) is 0 Å². The number of hydrogen-bond donors (Lipinski definition) is 5. The summed E-state index contributed by atoms with van der Waals surface area (Å²) in [6.07, 6.45) is -0.806. The molecule has 0 unspecified atom stereocenters. The van der Waals surface area contributed by atoms with Gasteiger partial charge in [0, 0.05) is 5.75 Å². The molecule has 0 amide bonds. The Kier molecular flexibility index (Phi) is 9.04. The largest absolute Gasteiger partial charge is 0.481 e. The fourth-order valence-electron chi connectivity index (χ4n) is 0.207. The molecule has 0 aliphatic carbocycles. The first-order chi connectivity index (χ1) is 6.31. The summed E-state index contributed by atoms with van der Waals surface area (Å²) in [5, 5.41) is 23.4. The van der Waals surface area contributed by atoms with Crippen molar-refractivity contribution in [2.75, 3.05) is 5.75 Å². The monoisotopic (exact) mass is 225 g/mol. The summed E-state index contributed by atoms with van der Waals surface area (Å²) in [4.78, 5) is 28.6. The summed E-state index contributed by atoms with van der Waals surface area (Å²) in [6.45, 7) is 0. The number of carbonyl (C=O) groups is 3. The van der Waals surface area contributed by atoms with Crippen LogP contribution in [0.2, 0.25) is 0 Å². The smallest absolute Gasteiger partial charge is 0.321 e. The van der Waals surface area contributed by atoms with Crippen molar-refractivity contribution in [1.29, 1.82) is 0 Å². The van der Waals surface area contributed by atoms with Crippen LogP contribution in [0.25, 0.3) is 0 Å². The minimum atomic E-state index is -1.31. The summed E-state index contributed by atoms with van der Waals surface area (Å²) in [5.74, 6) is -3.44. The van der Waals surface area contributed by atoms with Gasteiger partial charge in [0.1, 0.15) is 12.5 Å². The fraction of sp³-hybridized carbons (Fsp3) is 0.500. The predicted octanol–water partition coefficient (Wildman–Crippen LogP) is -1.13. The first kappa shape index (κ1) is 15.2. The quantitative estimate of drug-likeness (QED) is 0.301. The molecule has 0 heterocycles. The number of aliphatic carboxylic acids is 3. The lowest BCUT2D eigenvalue weighted by Crippen LogP contribution is -2.31. The molecule has 7 nitrogen and oxygen atoms in total. The molecule has 0 aromatic rings. The second-order valence-electron chi connectivity index (χ2n) is 2.09. The van der Waals surface area contributed by atoms with Gasteiger partial charge < -0.3 is 21.1 Å². The highest BCUT2D eigenvalue weighted by molar-refractivity contribution is 7.80. The van der Waals surface area contributed by atoms with Gasteiger partial charge in [-0.05, 0) is 0 Å². The maximum absolute atomic E-state index is 9.76. The van der Waals surface area contributed by atoms with Crippen LogP contribution in [-0.4, -0.2) is 45.0 Å². The van der Waals surface area contributed by atoms with E-state index in [4.69, 9.17) is 21.1 Å². The van der Waals surface area contributed by atoms with Crippen LogP contribution in [0.15, 0.2) is 0 Å². The van der Waals surface area contributed by atoms with E-state index in [0.29, 0.717) is 0 Å². The second kappa shape index (κ2) is 8.32. The normalized spacial score (nSPS) is 10.7. The molecule has 0 aliphatic rings. The number of thiol groups is 1. The van der Waals surface area contributed by atoms with Crippen LogP contribution in [0.5, 0.6) is 0 Å². The van der Waals surface area contributed by atoms with Gasteiger partial charge in [-0.2, -0.15) is 12.6 Å². The third-order valence-corrected chi connectivity index (χ3v) is 1.21. The average Bonchev–Trinajstić information content (AvgIpc) is 2.01. The minimum absolute atomic E-state index is 0.190. The van der Waals surface area contributed by atoms with Crippen LogP contribution < -0.4 is 5.73 Å². The van der Waals surface area contributed by atoms with Crippen LogP contribution in [0.4, 0.5) is 0 Å². The summed E-state index contributed by atoms with van der Waals surface area (Å²) in [7, 11) is 0. The van der Waals surface area contributed by atoms with Gasteiger partial charge in [-0.15, -0.1) is 0 Å². The van der Waals surface area contributed by atoms with E-state index >= 15 is 0 Å². The Labute approximate surface area is 84.9 Å². The molecule has 0 saturated heterocycles. The molecule has 0 radical (unpaired) electrons. The van der Waals surface area contributed by atoms with Crippen molar-refractivity contribution >= 4 is 30.5 Å². The number of nitrogens with two attached hydrogens (primary N) is 1. The third kappa shape index (κ3) is 13.3. The van der Waals surface area contributed by atoms with Crippen molar-refractivity contribution in [1.82, 2.24) is 0 Å². The van der Waals surface area contributed by atoms with E-state index in [1.165, 1.54) is 0 Å². The molecule has 0 bridgehead atoms. The summed E-state index contributed by atoms with van der Waals surface area (Å²) < 4.78 is 0. The molecule has 5 N–H and O–H groups in total. The zero-order valence-electron chi connectivity index (χ0n) is 7.08. The molecule has 0 aliphatic heterocycles. The van der Waals surface area contributed by atoms with E-state index in [1.54, 1.807) is 0 Å². The highest BCUT2D eigenvalue weighted by Crippen LogP contribution is 1.80. The minimum Gasteiger partial charge on any atom is -0.481 e. The number of rotatable bonds is 4. The van der Waals surface area contributed by atoms with Gasteiger partial charge in [0.15, 0.2) is 0 Å². The van der Waals surface area contributed by atoms with Gasteiger partial charge in [-0.3, -0.25) is 14.4 Å². The Bertz CT molecular complexity index is 206. The van der Waals surface area contributed by atoms with Gasteiger partial charge in [0.2, 0.25) is 0 Å². The molecule has 0 aromatic heterocycles. The molecule has 0 aromatic carbocycles. The van der Waals surface area contributed by atoms with E-state index < -0.39 is 30.4 Å². The molecule has 82 valence electrons. The van der Waals surface area contributed by atoms with Gasteiger partial charge >= 0.3 is 17.9 Å². The van der Waals surface area contributed by atoms with Crippen molar-refractivity contribution < 1.29 is 29.7 Å². The first-order valence-electron chi connectivity index (χ1n) is 3.34. The van der Waals surface area contributed by atoms with Crippen LogP contribution in [0.1, 0.15) is 6.42 Å². The maximum atomic E-state index is 9.76. The lowest BCUT2D eigenvalue weighted by atomic mass is 10.4. The Morgan fingerprint density at radius 1 is 1.14 bits per heavy atom. The zero-order valence-corrected chi connectivity index (χ0v) is 7.98. The molecule has 0 spiro atoms. The Morgan fingerprint density at radius 3 is 1.50 bits per heavy atom. The molecular formula is C6H11NO6S. The molecular weight excluding hydrogens is 214 g/mol. The molecule has 0 rings (SSSR count). The topological polar surface area (TPSA) is 138 Å². The van der Waals surface area contributed by atoms with Crippen LogP contribution in [0, 0.1) is 0 Å².